The van der Waals surface area contributed by atoms with Gasteiger partial charge in [0.2, 0.25) is 15.9 Å². The number of rotatable bonds is 5. The number of hydrogen-bond acceptors (Lipinski definition) is 4. The van der Waals surface area contributed by atoms with E-state index in [0.717, 1.165) is 15.7 Å². The van der Waals surface area contributed by atoms with Gasteiger partial charge in [-0.1, -0.05) is 40.2 Å². The highest BCUT2D eigenvalue weighted by Crippen LogP contribution is 2.22. The van der Waals surface area contributed by atoms with E-state index in [1.807, 2.05) is 43.0 Å². The predicted octanol–water partition coefficient (Wildman–Crippen LogP) is 3.09. The van der Waals surface area contributed by atoms with Crippen LogP contribution in [-0.2, 0) is 14.8 Å². The molecule has 6 nitrogen and oxygen atoms in total. The maximum absolute atomic E-state index is 12.8. The lowest BCUT2D eigenvalue weighted by atomic mass is 10.2. The van der Waals surface area contributed by atoms with Crippen LogP contribution in [-0.4, -0.2) is 55.8 Å². The Balaban J connectivity index is 1.61. The Morgan fingerprint density at radius 1 is 1.07 bits per heavy atom. The Bertz CT molecular complexity index is 957. The molecule has 1 fully saturated rings. The number of para-hydroxylation sites is 1. The van der Waals surface area contributed by atoms with Crippen LogP contribution >= 0.6 is 15.9 Å². The number of anilines is 1. The highest BCUT2D eigenvalue weighted by Gasteiger charge is 2.31. The van der Waals surface area contributed by atoms with Crippen molar-refractivity contribution in [1.29, 1.82) is 0 Å². The van der Waals surface area contributed by atoms with Crippen molar-refractivity contribution in [2.24, 2.45) is 0 Å². The van der Waals surface area contributed by atoms with Gasteiger partial charge >= 0.3 is 0 Å². The van der Waals surface area contributed by atoms with E-state index in [4.69, 9.17) is 0 Å². The van der Waals surface area contributed by atoms with Gasteiger partial charge < -0.3 is 5.32 Å². The minimum atomic E-state index is -3.53. The summed E-state index contributed by atoms with van der Waals surface area (Å²) in [7, 11) is -3.53. The molecule has 2 aromatic rings. The molecule has 0 spiro atoms. The van der Waals surface area contributed by atoms with Crippen LogP contribution < -0.4 is 5.32 Å². The van der Waals surface area contributed by atoms with Crippen molar-refractivity contribution in [3.05, 3.63) is 58.6 Å². The van der Waals surface area contributed by atoms with E-state index in [2.05, 4.69) is 21.2 Å². The molecule has 3 rings (SSSR count). The number of nitrogens with zero attached hydrogens (tertiary/aromatic N) is 2. The Kier molecular flexibility index (Phi) is 6.54. The molecule has 8 heteroatoms. The third-order valence-electron chi connectivity index (χ3n) is 5.04. The zero-order valence-electron chi connectivity index (χ0n) is 15.9. The van der Waals surface area contributed by atoms with Crippen molar-refractivity contribution in [3.8, 4) is 0 Å². The second-order valence-electron chi connectivity index (χ2n) is 6.88. The van der Waals surface area contributed by atoms with Crippen molar-refractivity contribution in [1.82, 2.24) is 9.21 Å². The average Bonchev–Trinajstić information content (AvgIpc) is 2.69. The van der Waals surface area contributed by atoms with E-state index < -0.39 is 10.0 Å². The minimum Gasteiger partial charge on any atom is -0.324 e. The normalized spacial score (nSPS) is 17.2. The molecule has 0 aliphatic carbocycles. The molecule has 1 N–H and O–H groups in total. The molecule has 0 radical (unpaired) electrons. The standard InChI is InChI=1S/C20H24BrN3O3S/c1-15-6-3-4-9-19(15)22-20(25)16(2)23-10-12-24(13-11-23)28(26,27)18-8-5-7-17(21)14-18/h3-9,14,16H,10-13H2,1-2H3,(H,22,25). The first kappa shape index (κ1) is 21.0. The Labute approximate surface area is 174 Å². The number of hydrogen-bond donors (Lipinski definition) is 1. The van der Waals surface area contributed by atoms with Crippen LogP contribution in [0, 0.1) is 6.92 Å². The first-order valence-electron chi connectivity index (χ1n) is 9.15. The molecule has 1 atom stereocenters. The van der Waals surface area contributed by atoms with E-state index >= 15 is 0 Å². The van der Waals surface area contributed by atoms with Gasteiger partial charge in [0.1, 0.15) is 0 Å². The van der Waals surface area contributed by atoms with Gasteiger partial charge in [0.15, 0.2) is 0 Å². The van der Waals surface area contributed by atoms with Gasteiger partial charge in [-0.3, -0.25) is 9.69 Å². The summed E-state index contributed by atoms with van der Waals surface area (Å²) in [6.07, 6.45) is 0. The third-order valence-corrected chi connectivity index (χ3v) is 7.43. The minimum absolute atomic E-state index is 0.0856. The van der Waals surface area contributed by atoms with E-state index in [1.54, 1.807) is 24.3 Å². The monoisotopic (exact) mass is 465 g/mol. The van der Waals surface area contributed by atoms with Crippen LogP contribution in [0.3, 0.4) is 0 Å². The van der Waals surface area contributed by atoms with Crippen molar-refractivity contribution in [2.75, 3.05) is 31.5 Å². The quantitative estimate of drug-likeness (QED) is 0.736. The number of piperazine rings is 1. The van der Waals surface area contributed by atoms with Gasteiger partial charge in [-0.2, -0.15) is 4.31 Å². The molecule has 1 aliphatic heterocycles. The molecule has 1 heterocycles. The molecule has 0 bridgehead atoms. The van der Waals surface area contributed by atoms with Crippen molar-refractivity contribution in [2.45, 2.75) is 24.8 Å². The zero-order valence-corrected chi connectivity index (χ0v) is 18.3. The van der Waals surface area contributed by atoms with Crippen molar-refractivity contribution in [3.63, 3.8) is 0 Å². The van der Waals surface area contributed by atoms with Crippen LogP contribution in [0.2, 0.25) is 0 Å². The molecule has 2 aromatic carbocycles. The van der Waals surface area contributed by atoms with Gasteiger partial charge in [0.05, 0.1) is 10.9 Å². The summed E-state index contributed by atoms with van der Waals surface area (Å²) in [5.41, 5.74) is 1.81. The molecule has 28 heavy (non-hydrogen) atoms. The third kappa shape index (κ3) is 4.63. The second kappa shape index (κ2) is 8.73. The lowest BCUT2D eigenvalue weighted by Gasteiger charge is -2.36. The smallest absolute Gasteiger partial charge is 0.243 e. The Hall–Kier alpha value is -1.74. The van der Waals surface area contributed by atoms with Crippen LogP contribution in [0.15, 0.2) is 57.9 Å². The van der Waals surface area contributed by atoms with Crippen molar-refractivity contribution >= 4 is 37.5 Å². The summed E-state index contributed by atoms with van der Waals surface area (Å²) >= 11 is 3.32. The second-order valence-corrected chi connectivity index (χ2v) is 9.73. The van der Waals surface area contributed by atoms with Crippen LogP contribution in [0.4, 0.5) is 5.69 Å². The molecule has 1 saturated heterocycles. The summed E-state index contributed by atoms with van der Waals surface area (Å²) in [5.74, 6) is -0.0856. The number of carbonyl (C=O) groups is 1. The highest BCUT2D eigenvalue weighted by molar-refractivity contribution is 9.10. The number of nitrogens with one attached hydrogen (secondary N) is 1. The van der Waals surface area contributed by atoms with Gasteiger partial charge in [-0.05, 0) is 43.7 Å². The number of sulfonamides is 1. The molecule has 1 aliphatic rings. The SMILES string of the molecule is Cc1ccccc1NC(=O)C(C)N1CCN(S(=O)(=O)c2cccc(Br)c2)CC1. The fourth-order valence-electron chi connectivity index (χ4n) is 3.22. The Morgan fingerprint density at radius 2 is 1.75 bits per heavy atom. The van der Waals surface area contributed by atoms with E-state index in [9.17, 15) is 13.2 Å². The highest BCUT2D eigenvalue weighted by atomic mass is 79.9. The number of carbonyl (C=O) groups excluding carboxylic acids is 1. The Morgan fingerprint density at radius 3 is 2.39 bits per heavy atom. The van der Waals surface area contributed by atoms with Gasteiger partial charge in [-0.25, -0.2) is 8.42 Å². The van der Waals surface area contributed by atoms with E-state index in [1.165, 1.54) is 4.31 Å². The molecule has 1 unspecified atom stereocenters. The van der Waals surface area contributed by atoms with E-state index in [0.29, 0.717) is 26.2 Å². The van der Waals surface area contributed by atoms with Gasteiger partial charge in [0, 0.05) is 36.3 Å². The fourth-order valence-corrected chi connectivity index (χ4v) is 5.24. The zero-order chi connectivity index (χ0) is 20.3. The van der Waals surface area contributed by atoms with E-state index in [-0.39, 0.29) is 16.8 Å². The molecule has 0 aromatic heterocycles. The van der Waals surface area contributed by atoms with Crippen LogP contribution in [0.1, 0.15) is 12.5 Å². The van der Waals surface area contributed by atoms with Gasteiger partial charge in [0.25, 0.3) is 0 Å². The number of amides is 1. The maximum atomic E-state index is 12.8. The number of aryl methyl sites for hydroxylation is 1. The summed E-state index contributed by atoms with van der Waals surface area (Å²) in [5, 5.41) is 2.96. The molecule has 1 amide bonds. The summed E-state index contributed by atoms with van der Waals surface area (Å²) in [6.45, 7) is 5.54. The molecular formula is C20H24BrN3O3S. The fraction of sp³-hybridized carbons (Fsp3) is 0.350. The molecular weight excluding hydrogens is 442 g/mol. The van der Waals surface area contributed by atoms with Gasteiger partial charge in [-0.15, -0.1) is 0 Å². The summed E-state index contributed by atoms with van der Waals surface area (Å²) in [6, 6.07) is 14.0. The van der Waals surface area contributed by atoms with Crippen LogP contribution in [0.25, 0.3) is 0 Å². The number of halogens is 1. The lowest BCUT2D eigenvalue weighted by molar-refractivity contribution is -0.121. The maximum Gasteiger partial charge on any atom is 0.243 e. The first-order valence-corrected chi connectivity index (χ1v) is 11.4. The topological polar surface area (TPSA) is 69.7 Å². The average molecular weight is 466 g/mol. The summed E-state index contributed by atoms with van der Waals surface area (Å²) < 4.78 is 27.9. The first-order chi connectivity index (χ1) is 13.3. The molecule has 150 valence electrons. The lowest BCUT2D eigenvalue weighted by Crippen LogP contribution is -2.53. The number of benzene rings is 2. The largest absolute Gasteiger partial charge is 0.324 e. The molecule has 0 saturated carbocycles. The summed E-state index contributed by atoms with van der Waals surface area (Å²) in [4.78, 5) is 14.9. The van der Waals surface area contributed by atoms with Crippen molar-refractivity contribution < 1.29 is 13.2 Å². The predicted molar refractivity (Wildman–Crippen MR) is 114 cm³/mol. The van der Waals surface area contributed by atoms with Crippen LogP contribution in [0.5, 0.6) is 0 Å².